The number of para-hydroxylation sites is 1. The first-order chi connectivity index (χ1) is 8.69. The summed E-state index contributed by atoms with van der Waals surface area (Å²) in [4.78, 5) is 0. The SMILES string of the molecule is CC1CC(O)(c2cnnn2-c2ccccc2)CS1. The average molecular weight is 261 g/mol. The maximum absolute atomic E-state index is 10.7. The standard InChI is InChI=1S/C13H15N3OS/c1-10-7-13(17,9-18-10)12-8-14-15-16(12)11-5-3-2-4-6-11/h2-6,8,10,17H,7,9H2,1H3. The summed E-state index contributed by atoms with van der Waals surface area (Å²) in [5.41, 5.74) is 0.900. The van der Waals surface area contributed by atoms with Crippen LogP contribution >= 0.6 is 11.8 Å². The number of nitrogens with zero attached hydrogens (tertiary/aromatic N) is 3. The Labute approximate surface area is 110 Å². The lowest BCUT2D eigenvalue weighted by molar-refractivity contribution is 0.0541. The minimum Gasteiger partial charge on any atom is -0.383 e. The molecule has 0 saturated carbocycles. The molecule has 2 atom stereocenters. The molecule has 1 aromatic carbocycles. The number of benzene rings is 1. The lowest BCUT2D eigenvalue weighted by Gasteiger charge is -2.22. The van der Waals surface area contributed by atoms with Crippen molar-refractivity contribution in [1.29, 1.82) is 0 Å². The van der Waals surface area contributed by atoms with Gasteiger partial charge in [-0.1, -0.05) is 30.3 Å². The average Bonchev–Trinajstić information content (AvgIpc) is 2.98. The zero-order valence-corrected chi connectivity index (χ0v) is 11.0. The van der Waals surface area contributed by atoms with Gasteiger partial charge in [0.1, 0.15) is 5.60 Å². The predicted molar refractivity (Wildman–Crippen MR) is 71.8 cm³/mol. The number of rotatable bonds is 2. The molecule has 0 radical (unpaired) electrons. The first-order valence-electron chi connectivity index (χ1n) is 6.00. The summed E-state index contributed by atoms with van der Waals surface area (Å²) < 4.78 is 1.73. The van der Waals surface area contributed by atoms with Gasteiger partial charge in [0.05, 0.1) is 17.6 Å². The summed E-state index contributed by atoms with van der Waals surface area (Å²) >= 11 is 1.79. The minimum absolute atomic E-state index is 0.467. The van der Waals surface area contributed by atoms with Gasteiger partial charge >= 0.3 is 0 Å². The van der Waals surface area contributed by atoms with E-state index in [1.165, 1.54) is 0 Å². The first kappa shape index (κ1) is 11.7. The first-order valence-corrected chi connectivity index (χ1v) is 7.04. The lowest BCUT2D eigenvalue weighted by atomic mass is 9.97. The number of aliphatic hydroxyl groups is 1. The Morgan fingerprint density at radius 3 is 2.83 bits per heavy atom. The Balaban J connectivity index is 2.02. The fourth-order valence-corrected chi connectivity index (χ4v) is 3.58. The monoisotopic (exact) mass is 261 g/mol. The molecule has 2 heterocycles. The van der Waals surface area contributed by atoms with E-state index in [1.807, 2.05) is 30.3 Å². The molecule has 5 heteroatoms. The van der Waals surface area contributed by atoms with Crippen LogP contribution in [-0.4, -0.2) is 31.1 Å². The van der Waals surface area contributed by atoms with E-state index in [0.717, 1.165) is 17.8 Å². The molecule has 1 saturated heterocycles. The summed E-state index contributed by atoms with van der Waals surface area (Å²) in [6, 6.07) is 9.80. The van der Waals surface area contributed by atoms with Crippen molar-refractivity contribution < 1.29 is 5.11 Å². The van der Waals surface area contributed by atoms with Crippen molar-refractivity contribution in [3.8, 4) is 5.69 Å². The van der Waals surface area contributed by atoms with Crippen LogP contribution in [0, 0.1) is 0 Å². The molecule has 1 fully saturated rings. The van der Waals surface area contributed by atoms with Crippen molar-refractivity contribution in [2.24, 2.45) is 0 Å². The van der Waals surface area contributed by atoms with Gasteiger partial charge in [-0.25, -0.2) is 4.68 Å². The quantitative estimate of drug-likeness (QED) is 0.898. The Bertz CT molecular complexity index is 542. The Hall–Kier alpha value is -1.33. The van der Waals surface area contributed by atoms with Crippen LogP contribution in [0.2, 0.25) is 0 Å². The van der Waals surface area contributed by atoms with E-state index in [-0.39, 0.29) is 0 Å². The zero-order valence-electron chi connectivity index (χ0n) is 10.2. The summed E-state index contributed by atoms with van der Waals surface area (Å²) in [6.45, 7) is 2.14. The van der Waals surface area contributed by atoms with Crippen molar-refractivity contribution in [3.05, 3.63) is 42.2 Å². The maximum atomic E-state index is 10.7. The second-order valence-electron chi connectivity index (χ2n) is 4.72. The molecule has 1 aromatic heterocycles. The molecule has 3 rings (SSSR count). The van der Waals surface area contributed by atoms with Gasteiger partial charge < -0.3 is 5.11 Å². The topological polar surface area (TPSA) is 50.9 Å². The number of thioether (sulfide) groups is 1. The van der Waals surface area contributed by atoms with Crippen LogP contribution in [0.1, 0.15) is 19.0 Å². The van der Waals surface area contributed by atoms with Crippen LogP contribution in [-0.2, 0) is 5.60 Å². The van der Waals surface area contributed by atoms with Gasteiger partial charge in [-0.05, 0) is 18.6 Å². The van der Waals surface area contributed by atoms with E-state index >= 15 is 0 Å². The molecule has 0 bridgehead atoms. The Kier molecular flexibility index (Phi) is 2.87. The van der Waals surface area contributed by atoms with E-state index in [4.69, 9.17) is 0 Å². The van der Waals surface area contributed by atoms with Crippen molar-refractivity contribution in [2.45, 2.75) is 24.2 Å². The third-order valence-corrected chi connectivity index (χ3v) is 4.64. The van der Waals surface area contributed by atoms with E-state index in [1.54, 1.807) is 22.6 Å². The molecule has 1 aliphatic heterocycles. The molecule has 94 valence electrons. The number of hydrogen-bond acceptors (Lipinski definition) is 4. The van der Waals surface area contributed by atoms with Crippen LogP contribution in [0.15, 0.2) is 36.5 Å². The molecule has 0 aliphatic carbocycles. The van der Waals surface area contributed by atoms with Crippen LogP contribution in [0.3, 0.4) is 0 Å². The van der Waals surface area contributed by atoms with E-state index in [0.29, 0.717) is 11.0 Å². The highest BCUT2D eigenvalue weighted by atomic mass is 32.2. The summed E-state index contributed by atoms with van der Waals surface area (Å²) in [5.74, 6) is 0.703. The van der Waals surface area contributed by atoms with E-state index in [2.05, 4.69) is 17.2 Å². The van der Waals surface area contributed by atoms with Gasteiger partial charge in [0, 0.05) is 11.0 Å². The Morgan fingerprint density at radius 2 is 2.17 bits per heavy atom. The van der Waals surface area contributed by atoms with Crippen LogP contribution in [0.25, 0.3) is 5.69 Å². The third-order valence-electron chi connectivity index (χ3n) is 3.26. The normalized spacial score (nSPS) is 27.6. The Morgan fingerprint density at radius 1 is 1.39 bits per heavy atom. The fourth-order valence-electron chi connectivity index (χ4n) is 2.36. The highest BCUT2D eigenvalue weighted by Gasteiger charge is 2.40. The fraction of sp³-hybridized carbons (Fsp3) is 0.385. The molecule has 2 unspecified atom stereocenters. The highest BCUT2D eigenvalue weighted by molar-refractivity contribution is 8.00. The smallest absolute Gasteiger partial charge is 0.118 e. The zero-order chi connectivity index (χ0) is 12.6. The number of hydrogen-bond donors (Lipinski definition) is 1. The van der Waals surface area contributed by atoms with Gasteiger partial charge in [-0.15, -0.1) is 5.10 Å². The molecule has 18 heavy (non-hydrogen) atoms. The van der Waals surface area contributed by atoms with Gasteiger partial charge in [0.2, 0.25) is 0 Å². The van der Waals surface area contributed by atoms with Crippen LogP contribution < -0.4 is 0 Å². The molecule has 1 aliphatic rings. The molecular weight excluding hydrogens is 246 g/mol. The van der Waals surface area contributed by atoms with Crippen LogP contribution in [0.4, 0.5) is 0 Å². The van der Waals surface area contributed by atoms with Crippen molar-refractivity contribution >= 4 is 11.8 Å². The molecule has 1 N–H and O–H groups in total. The van der Waals surface area contributed by atoms with Gasteiger partial charge in [-0.3, -0.25) is 0 Å². The highest BCUT2D eigenvalue weighted by Crippen LogP contribution is 2.41. The second kappa shape index (κ2) is 4.40. The van der Waals surface area contributed by atoms with Gasteiger partial charge in [-0.2, -0.15) is 11.8 Å². The molecule has 4 nitrogen and oxygen atoms in total. The summed E-state index contributed by atoms with van der Waals surface area (Å²) in [6.07, 6.45) is 2.42. The minimum atomic E-state index is -0.816. The third kappa shape index (κ3) is 1.93. The van der Waals surface area contributed by atoms with Crippen molar-refractivity contribution in [1.82, 2.24) is 15.0 Å². The predicted octanol–water partition coefficient (Wildman–Crippen LogP) is 1.98. The second-order valence-corrected chi connectivity index (χ2v) is 6.15. The van der Waals surface area contributed by atoms with E-state index in [9.17, 15) is 5.11 Å². The van der Waals surface area contributed by atoms with Crippen molar-refractivity contribution in [2.75, 3.05) is 5.75 Å². The summed E-state index contributed by atoms with van der Waals surface area (Å²) in [5, 5.41) is 19.3. The molecular formula is C13H15N3OS. The van der Waals surface area contributed by atoms with Crippen LogP contribution in [0.5, 0.6) is 0 Å². The maximum Gasteiger partial charge on any atom is 0.118 e. The number of aromatic nitrogens is 3. The van der Waals surface area contributed by atoms with Gasteiger partial charge in [0.25, 0.3) is 0 Å². The van der Waals surface area contributed by atoms with Gasteiger partial charge in [0.15, 0.2) is 0 Å². The largest absolute Gasteiger partial charge is 0.383 e. The lowest BCUT2D eigenvalue weighted by Crippen LogP contribution is -2.28. The molecule has 2 aromatic rings. The van der Waals surface area contributed by atoms with E-state index < -0.39 is 5.60 Å². The van der Waals surface area contributed by atoms with Crippen molar-refractivity contribution in [3.63, 3.8) is 0 Å². The molecule has 0 amide bonds. The summed E-state index contributed by atoms with van der Waals surface area (Å²) in [7, 11) is 0. The molecule has 0 spiro atoms.